The number of nitrogens with zero attached hydrogens (tertiary/aromatic N) is 2. The maximum Gasteiger partial charge on any atom is 0.243 e. The first-order chi connectivity index (χ1) is 14.8. The number of hydrogen-bond donors (Lipinski definition) is 1. The lowest BCUT2D eigenvalue weighted by atomic mass is 9.98. The number of carbonyl (C=O) groups is 2. The molecule has 0 saturated carbocycles. The van der Waals surface area contributed by atoms with Crippen LogP contribution in [0.15, 0.2) is 59.5 Å². The molecule has 7 nitrogen and oxygen atoms in total. The fourth-order valence-electron chi connectivity index (χ4n) is 3.77. The van der Waals surface area contributed by atoms with Gasteiger partial charge in [0.1, 0.15) is 0 Å². The monoisotopic (exact) mass is 443 g/mol. The summed E-state index contributed by atoms with van der Waals surface area (Å²) in [5, 5.41) is 2.92. The van der Waals surface area contributed by atoms with Gasteiger partial charge in [0.2, 0.25) is 21.8 Å². The molecule has 0 aromatic heterocycles. The van der Waals surface area contributed by atoms with Gasteiger partial charge in [0.05, 0.1) is 10.8 Å². The molecule has 1 saturated heterocycles. The molecule has 3 rings (SSSR count). The highest BCUT2D eigenvalue weighted by molar-refractivity contribution is 7.89. The SMILES string of the molecule is CCN(Cc1cccc(NC(=O)C2CCCN(S(=O)(=O)c3ccccc3)C2)c1)C(C)=O. The number of hydrogen-bond acceptors (Lipinski definition) is 4. The molecule has 2 aromatic rings. The highest BCUT2D eigenvalue weighted by Crippen LogP contribution is 2.25. The van der Waals surface area contributed by atoms with E-state index in [4.69, 9.17) is 0 Å². The van der Waals surface area contributed by atoms with Gasteiger partial charge < -0.3 is 10.2 Å². The highest BCUT2D eigenvalue weighted by Gasteiger charge is 2.33. The summed E-state index contributed by atoms with van der Waals surface area (Å²) < 4.78 is 27.2. The number of rotatable bonds is 7. The average Bonchev–Trinajstić information content (AvgIpc) is 2.78. The van der Waals surface area contributed by atoms with E-state index in [2.05, 4.69) is 5.32 Å². The van der Waals surface area contributed by atoms with Crippen molar-refractivity contribution in [1.29, 1.82) is 0 Å². The molecule has 1 unspecified atom stereocenters. The molecule has 166 valence electrons. The number of amides is 2. The van der Waals surface area contributed by atoms with Gasteiger partial charge in [-0.1, -0.05) is 30.3 Å². The van der Waals surface area contributed by atoms with Crippen molar-refractivity contribution in [2.24, 2.45) is 5.92 Å². The van der Waals surface area contributed by atoms with Crippen LogP contribution >= 0.6 is 0 Å². The van der Waals surface area contributed by atoms with Crippen molar-refractivity contribution in [3.05, 3.63) is 60.2 Å². The summed E-state index contributed by atoms with van der Waals surface area (Å²) in [6, 6.07) is 15.7. The zero-order valence-corrected chi connectivity index (χ0v) is 18.8. The fraction of sp³-hybridized carbons (Fsp3) is 0.391. The molecule has 1 atom stereocenters. The molecule has 8 heteroatoms. The Bertz CT molecular complexity index is 1020. The molecule has 2 aromatic carbocycles. The van der Waals surface area contributed by atoms with Crippen LogP contribution in [0.4, 0.5) is 5.69 Å². The van der Waals surface area contributed by atoms with E-state index in [1.807, 2.05) is 25.1 Å². The Morgan fingerprint density at radius 2 is 1.87 bits per heavy atom. The second-order valence-electron chi connectivity index (χ2n) is 7.74. The predicted molar refractivity (Wildman–Crippen MR) is 120 cm³/mol. The molecule has 0 bridgehead atoms. The Morgan fingerprint density at radius 1 is 1.13 bits per heavy atom. The zero-order chi connectivity index (χ0) is 22.4. The summed E-state index contributed by atoms with van der Waals surface area (Å²) in [7, 11) is -3.62. The van der Waals surface area contributed by atoms with Crippen LogP contribution in [0.1, 0.15) is 32.3 Å². The zero-order valence-electron chi connectivity index (χ0n) is 18.0. The van der Waals surface area contributed by atoms with E-state index in [-0.39, 0.29) is 23.3 Å². The first-order valence-corrected chi connectivity index (χ1v) is 12.0. The molecule has 1 heterocycles. The van der Waals surface area contributed by atoms with Crippen molar-refractivity contribution < 1.29 is 18.0 Å². The van der Waals surface area contributed by atoms with Crippen LogP contribution in [0.2, 0.25) is 0 Å². The number of sulfonamides is 1. The lowest BCUT2D eigenvalue weighted by Crippen LogP contribution is -2.43. The van der Waals surface area contributed by atoms with Crippen LogP contribution in [0.25, 0.3) is 0 Å². The minimum atomic E-state index is -3.62. The molecule has 1 N–H and O–H groups in total. The van der Waals surface area contributed by atoms with Gasteiger partial charge >= 0.3 is 0 Å². The molecular formula is C23H29N3O4S. The van der Waals surface area contributed by atoms with Crippen LogP contribution in [0, 0.1) is 5.92 Å². The lowest BCUT2D eigenvalue weighted by Gasteiger charge is -2.31. The lowest BCUT2D eigenvalue weighted by molar-refractivity contribution is -0.129. The largest absolute Gasteiger partial charge is 0.339 e. The Labute approximate surface area is 184 Å². The third kappa shape index (κ3) is 5.71. The molecule has 0 spiro atoms. The van der Waals surface area contributed by atoms with Gasteiger partial charge in [-0.3, -0.25) is 9.59 Å². The minimum Gasteiger partial charge on any atom is -0.339 e. The van der Waals surface area contributed by atoms with E-state index in [0.29, 0.717) is 38.2 Å². The number of nitrogens with one attached hydrogen (secondary N) is 1. The Balaban J connectivity index is 1.67. The molecule has 1 aliphatic rings. The summed E-state index contributed by atoms with van der Waals surface area (Å²) in [6.07, 6.45) is 1.27. The average molecular weight is 444 g/mol. The van der Waals surface area contributed by atoms with Gasteiger partial charge in [0.15, 0.2) is 0 Å². The van der Waals surface area contributed by atoms with Gasteiger partial charge in [0, 0.05) is 38.8 Å². The quantitative estimate of drug-likeness (QED) is 0.712. The van der Waals surface area contributed by atoms with Gasteiger partial charge in [-0.25, -0.2) is 8.42 Å². The van der Waals surface area contributed by atoms with E-state index in [9.17, 15) is 18.0 Å². The van der Waals surface area contributed by atoms with E-state index in [1.165, 1.54) is 11.2 Å². The van der Waals surface area contributed by atoms with Gasteiger partial charge in [-0.05, 0) is 49.6 Å². The fourth-order valence-corrected chi connectivity index (χ4v) is 5.32. The molecule has 1 fully saturated rings. The molecule has 1 aliphatic heterocycles. The standard InChI is InChI=1S/C23H29N3O4S/c1-3-25(18(2)27)16-19-9-7-11-21(15-19)24-23(28)20-10-8-14-26(17-20)31(29,30)22-12-5-4-6-13-22/h4-7,9,11-13,15,20H,3,8,10,14,16-17H2,1-2H3,(H,24,28). The van der Waals surface area contributed by atoms with Crippen molar-refractivity contribution >= 4 is 27.5 Å². The van der Waals surface area contributed by atoms with Crippen LogP contribution in [-0.2, 0) is 26.2 Å². The third-order valence-electron chi connectivity index (χ3n) is 5.53. The minimum absolute atomic E-state index is 0.00105. The topological polar surface area (TPSA) is 86.8 Å². The first kappa shape index (κ1) is 23.0. The maximum absolute atomic E-state index is 12.9. The Kier molecular flexibility index (Phi) is 7.46. The second kappa shape index (κ2) is 10.1. The van der Waals surface area contributed by atoms with Crippen LogP contribution in [0.3, 0.4) is 0 Å². The van der Waals surface area contributed by atoms with E-state index < -0.39 is 15.9 Å². The summed E-state index contributed by atoms with van der Waals surface area (Å²) in [5.74, 6) is -0.608. The van der Waals surface area contributed by atoms with Crippen LogP contribution < -0.4 is 5.32 Å². The number of piperidine rings is 1. The van der Waals surface area contributed by atoms with E-state index in [0.717, 1.165) is 5.56 Å². The molecule has 2 amide bonds. The van der Waals surface area contributed by atoms with Crippen molar-refractivity contribution in [3.63, 3.8) is 0 Å². The summed E-state index contributed by atoms with van der Waals surface area (Å²) in [5.41, 5.74) is 1.57. The summed E-state index contributed by atoms with van der Waals surface area (Å²) in [6.45, 7) is 5.12. The molecule has 31 heavy (non-hydrogen) atoms. The highest BCUT2D eigenvalue weighted by atomic mass is 32.2. The van der Waals surface area contributed by atoms with Crippen LogP contribution in [0.5, 0.6) is 0 Å². The van der Waals surface area contributed by atoms with Crippen molar-refractivity contribution in [2.75, 3.05) is 25.0 Å². The van der Waals surface area contributed by atoms with E-state index >= 15 is 0 Å². The van der Waals surface area contributed by atoms with Gasteiger partial charge in [-0.2, -0.15) is 4.31 Å². The molecule has 0 radical (unpaired) electrons. The second-order valence-corrected chi connectivity index (χ2v) is 9.68. The number of anilines is 1. The normalized spacial score (nSPS) is 17.2. The van der Waals surface area contributed by atoms with Gasteiger partial charge in [-0.15, -0.1) is 0 Å². The van der Waals surface area contributed by atoms with Crippen molar-refractivity contribution in [2.45, 2.75) is 38.1 Å². The van der Waals surface area contributed by atoms with Crippen molar-refractivity contribution in [1.82, 2.24) is 9.21 Å². The molecule has 0 aliphatic carbocycles. The van der Waals surface area contributed by atoms with Gasteiger partial charge in [0.25, 0.3) is 0 Å². The van der Waals surface area contributed by atoms with Crippen LogP contribution in [-0.4, -0.2) is 49.1 Å². The first-order valence-electron chi connectivity index (χ1n) is 10.5. The Hall–Kier alpha value is -2.71. The summed E-state index contributed by atoms with van der Waals surface area (Å²) >= 11 is 0. The smallest absolute Gasteiger partial charge is 0.243 e. The van der Waals surface area contributed by atoms with Crippen molar-refractivity contribution in [3.8, 4) is 0 Å². The summed E-state index contributed by atoms with van der Waals surface area (Å²) in [4.78, 5) is 26.5. The number of carbonyl (C=O) groups excluding carboxylic acids is 2. The maximum atomic E-state index is 12.9. The predicted octanol–water partition coefficient (Wildman–Crippen LogP) is 3.09. The Morgan fingerprint density at radius 3 is 2.55 bits per heavy atom. The third-order valence-corrected chi connectivity index (χ3v) is 7.41. The van der Waals surface area contributed by atoms with E-state index in [1.54, 1.807) is 41.3 Å². The molecular weight excluding hydrogens is 414 g/mol. The number of benzene rings is 2.